The number of carbonyl (C=O) groups is 2. The van der Waals surface area contributed by atoms with E-state index in [4.69, 9.17) is 9.68 Å². The predicted octanol–water partition coefficient (Wildman–Crippen LogP) is 2.20. The molecule has 1 atom stereocenters. The molecule has 7 nitrogen and oxygen atoms in total. The van der Waals surface area contributed by atoms with Crippen molar-refractivity contribution in [3.63, 3.8) is 0 Å². The van der Waals surface area contributed by atoms with Gasteiger partial charge in [0.2, 0.25) is 0 Å². The maximum absolute atomic E-state index is 12.2. The van der Waals surface area contributed by atoms with Gasteiger partial charge in [-0.3, -0.25) is 9.59 Å². The highest BCUT2D eigenvalue weighted by Gasteiger charge is 2.35. The zero-order chi connectivity index (χ0) is 19.3. The molecule has 3 N–H and O–H groups in total. The molecule has 0 radical (unpaired) electrons. The van der Waals surface area contributed by atoms with E-state index in [2.05, 4.69) is 10.6 Å². The second-order valence-corrected chi connectivity index (χ2v) is 6.59. The number of benzene rings is 1. The Kier molecular flexibility index (Phi) is 5.35. The van der Waals surface area contributed by atoms with Crippen LogP contribution in [0, 0.1) is 11.3 Å². The quantitative estimate of drug-likeness (QED) is 0.586. The maximum Gasteiger partial charge on any atom is 0.313 e. The Morgan fingerprint density at radius 2 is 2.00 bits per heavy atom. The molecule has 3 aromatic rings. The number of carbonyl (C=O) groups excluding carboxylic acids is 2. The molecule has 0 aliphatic rings. The molecule has 136 valence electrons. The van der Waals surface area contributed by atoms with Crippen molar-refractivity contribution in [1.82, 2.24) is 5.32 Å². The number of hydrogen-bond donors (Lipinski definition) is 3. The minimum atomic E-state index is -1.53. The van der Waals surface area contributed by atoms with Crippen LogP contribution in [0.5, 0.6) is 0 Å². The number of aliphatic hydroxyl groups is 1. The van der Waals surface area contributed by atoms with Crippen LogP contribution in [-0.4, -0.2) is 23.5 Å². The molecule has 2 amide bonds. The molecule has 27 heavy (non-hydrogen) atoms. The van der Waals surface area contributed by atoms with Crippen molar-refractivity contribution in [3.05, 3.63) is 76.4 Å². The number of amides is 2. The van der Waals surface area contributed by atoms with E-state index in [9.17, 15) is 14.7 Å². The summed E-state index contributed by atoms with van der Waals surface area (Å²) in [6, 6.07) is 13.4. The first-order valence-corrected chi connectivity index (χ1v) is 8.80. The fourth-order valence-corrected chi connectivity index (χ4v) is 3.35. The summed E-state index contributed by atoms with van der Waals surface area (Å²) in [4.78, 5) is 24.9. The van der Waals surface area contributed by atoms with Crippen LogP contribution < -0.4 is 10.6 Å². The number of nitrogens with one attached hydrogen (secondary N) is 2. The van der Waals surface area contributed by atoms with Gasteiger partial charge in [0.05, 0.1) is 30.3 Å². The number of hydrogen-bond acceptors (Lipinski definition) is 6. The van der Waals surface area contributed by atoms with Gasteiger partial charge in [0.15, 0.2) is 0 Å². The molecule has 0 spiro atoms. The molecule has 0 aliphatic carbocycles. The lowest BCUT2D eigenvalue weighted by Crippen LogP contribution is -2.44. The standard InChI is InChI=1S/C19H15N3O4S/c20-10-13-4-1-2-5-15(13)22-18(24)17(23)21-12-19(25,14-7-8-26-11-14)16-6-3-9-27-16/h1-9,11,25H,12H2,(H,21,23)(H,22,24)/t19-/m1/s1. The van der Waals surface area contributed by atoms with Gasteiger partial charge in [-0.15, -0.1) is 11.3 Å². The zero-order valence-corrected chi connectivity index (χ0v) is 14.8. The van der Waals surface area contributed by atoms with E-state index < -0.39 is 17.4 Å². The first-order valence-electron chi connectivity index (χ1n) is 7.92. The summed E-state index contributed by atoms with van der Waals surface area (Å²) < 4.78 is 5.04. The van der Waals surface area contributed by atoms with Gasteiger partial charge in [0, 0.05) is 10.4 Å². The van der Waals surface area contributed by atoms with Gasteiger partial charge in [-0.1, -0.05) is 18.2 Å². The number of nitrogens with zero attached hydrogens (tertiary/aromatic N) is 1. The highest BCUT2D eigenvalue weighted by molar-refractivity contribution is 7.10. The number of nitriles is 1. The van der Waals surface area contributed by atoms with Crippen molar-refractivity contribution in [2.75, 3.05) is 11.9 Å². The smallest absolute Gasteiger partial charge is 0.313 e. The normalized spacial score (nSPS) is 12.6. The van der Waals surface area contributed by atoms with Crippen molar-refractivity contribution < 1.29 is 19.1 Å². The molecule has 0 saturated carbocycles. The minimum Gasteiger partial charge on any atom is -0.472 e. The first kappa shape index (κ1) is 18.4. The van der Waals surface area contributed by atoms with Crippen LogP contribution in [0.3, 0.4) is 0 Å². The molecular weight excluding hydrogens is 366 g/mol. The average Bonchev–Trinajstić information content (AvgIpc) is 3.40. The highest BCUT2D eigenvalue weighted by atomic mass is 32.1. The third kappa shape index (κ3) is 3.89. The van der Waals surface area contributed by atoms with Gasteiger partial charge >= 0.3 is 11.8 Å². The van der Waals surface area contributed by atoms with E-state index in [1.165, 1.54) is 36.0 Å². The molecule has 2 heterocycles. The Morgan fingerprint density at radius 1 is 1.19 bits per heavy atom. The van der Waals surface area contributed by atoms with E-state index >= 15 is 0 Å². The third-order valence-corrected chi connectivity index (χ3v) is 4.96. The largest absolute Gasteiger partial charge is 0.472 e. The second kappa shape index (κ2) is 7.86. The van der Waals surface area contributed by atoms with Crippen molar-refractivity contribution in [2.24, 2.45) is 0 Å². The lowest BCUT2D eigenvalue weighted by Gasteiger charge is -2.26. The van der Waals surface area contributed by atoms with Crippen molar-refractivity contribution in [2.45, 2.75) is 5.60 Å². The number of para-hydroxylation sites is 1. The van der Waals surface area contributed by atoms with Crippen LogP contribution in [0.1, 0.15) is 16.0 Å². The van der Waals surface area contributed by atoms with Crippen LogP contribution in [-0.2, 0) is 15.2 Å². The van der Waals surface area contributed by atoms with Gasteiger partial charge in [-0.2, -0.15) is 5.26 Å². The molecule has 0 aliphatic heterocycles. The first-order chi connectivity index (χ1) is 13.0. The minimum absolute atomic E-state index is 0.223. The van der Waals surface area contributed by atoms with Crippen LogP contribution in [0.15, 0.2) is 64.8 Å². The van der Waals surface area contributed by atoms with E-state index in [0.717, 1.165) is 0 Å². The van der Waals surface area contributed by atoms with Crippen LogP contribution in [0.25, 0.3) is 0 Å². The summed E-state index contributed by atoms with van der Waals surface area (Å²) in [5.74, 6) is -1.86. The predicted molar refractivity (Wildman–Crippen MR) is 98.8 cm³/mol. The van der Waals surface area contributed by atoms with E-state index in [1.807, 2.05) is 6.07 Å². The van der Waals surface area contributed by atoms with Gasteiger partial charge < -0.3 is 20.2 Å². The Bertz CT molecular complexity index is 941. The van der Waals surface area contributed by atoms with Crippen molar-refractivity contribution in [3.8, 4) is 6.07 Å². The topological polar surface area (TPSA) is 115 Å². The fourth-order valence-electron chi connectivity index (χ4n) is 2.50. The summed E-state index contributed by atoms with van der Waals surface area (Å²) in [6.45, 7) is -0.223. The number of rotatable bonds is 5. The van der Waals surface area contributed by atoms with Crippen molar-refractivity contribution >= 4 is 28.8 Å². The SMILES string of the molecule is N#Cc1ccccc1NC(=O)C(=O)NC[C@@](O)(c1ccoc1)c1cccs1. The molecule has 2 aromatic heterocycles. The van der Waals surface area contributed by atoms with Gasteiger partial charge in [0.25, 0.3) is 0 Å². The van der Waals surface area contributed by atoms with Gasteiger partial charge in [-0.05, 0) is 29.6 Å². The molecule has 1 aromatic carbocycles. The monoisotopic (exact) mass is 381 g/mol. The molecule has 0 fully saturated rings. The molecule has 0 bridgehead atoms. The lowest BCUT2D eigenvalue weighted by molar-refractivity contribution is -0.136. The fraction of sp³-hybridized carbons (Fsp3) is 0.105. The maximum atomic E-state index is 12.2. The number of anilines is 1. The number of thiophene rings is 1. The summed E-state index contributed by atoms with van der Waals surface area (Å²) in [7, 11) is 0. The highest BCUT2D eigenvalue weighted by Crippen LogP contribution is 2.32. The lowest BCUT2D eigenvalue weighted by atomic mass is 9.94. The van der Waals surface area contributed by atoms with Gasteiger partial charge in [-0.25, -0.2) is 0 Å². The molecule has 8 heteroatoms. The third-order valence-electron chi connectivity index (χ3n) is 3.93. The zero-order valence-electron chi connectivity index (χ0n) is 14.0. The number of furan rings is 1. The van der Waals surface area contributed by atoms with Crippen LogP contribution in [0.4, 0.5) is 5.69 Å². The Balaban J connectivity index is 1.71. The summed E-state index contributed by atoms with van der Waals surface area (Å²) in [6.07, 6.45) is 2.80. The molecule has 0 saturated heterocycles. The van der Waals surface area contributed by atoms with Gasteiger partial charge in [0.1, 0.15) is 11.7 Å². The van der Waals surface area contributed by atoms with E-state index in [1.54, 1.807) is 35.7 Å². The van der Waals surface area contributed by atoms with E-state index in [-0.39, 0.29) is 17.8 Å². The van der Waals surface area contributed by atoms with Crippen LogP contribution >= 0.6 is 11.3 Å². The Labute approximate surface area is 158 Å². The Morgan fingerprint density at radius 3 is 2.67 bits per heavy atom. The second-order valence-electron chi connectivity index (χ2n) is 5.64. The van der Waals surface area contributed by atoms with Crippen LogP contribution in [0.2, 0.25) is 0 Å². The molecular formula is C19H15N3O4S. The van der Waals surface area contributed by atoms with Crippen molar-refractivity contribution in [1.29, 1.82) is 5.26 Å². The molecule has 3 rings (SSSR count). The summed E-state index contributed by atoms with van der Waals surface area (Å²) >= 11 is 1.32. The Hall–Kier alpha value is -3.41. The summed E-state index contributed by atoms with van der Waals surface area (Å²) in [5, 5.41) is 26.8. The summed E-state index contributed by atoms with van der Waals surface area (Å²) in [5.41, 5.74) is -0.585. The average molecular weight is 381 g/mol. The van der Waals surface area contributed by atoms with E-state index in [0.29, 0.717) is 10.4 Å². The molecule has 0 unspecified atom stereocenters.